The summed E-state index contributed by atoms with van der Waals surface area (Å²) >= 11 is 0. The van der Waals surface area contributed by atoms with Crippen molar-refractivity contribution in [1.29, 1.82) is 0 Å². The maximum Gasteiger partial charge on any atom is 0.246 e. The van der Waals surface area contributed by atoms with Crippen LogP contribution >= 0.6 is 12.4 Å². The minimum absolute atomic E-state index is 0. The molecule has 160 valence electrons. The standard InChI is InChI=1S/C18H30N4O4S.ClH/c1-12(19)15-6-10-22(11-7-15)17(23)18(8-4-5-9-18)21-27(24,25)16-13(2)20-26-14(16)3;/h12,15,21H,4-11,19H2,1-3H3;1H. The molecule has 1 amide bonds. The third-order valence-electron chi connectivity index (χ3n) is 6.00. The number of nitrogens with zero attached hydrogens (tertiary/aromatic N) is 2. The molecule has 1 saturated carbocycles. The monoisotopic (exact) mass is 434 g/mol. The predicted molar refractivity (Wildman–Crippen MR) is 108 cm³/mol. The molecule has 1 aromatic heterocycles. The Bertz CT molecular complexity index is 775. The first-order chi connectivity index (χ1) is 12.7. The maximum absolute atomic E-state index is 13.3. The van der Waals surface area contributed by atoms with Crippen molar-refractivity contribution in [2.75, 3.05) is 13.1 Å². The lowest BCUT2D eigenvalue weighted by molar-refractivity contribution is -0.139. The number of likely N-dealkylation sites (tertiary alicyclic amines) is 1. The molecular formula is C18H31ClN4O4S. The molecular weight excluding hydrogens is 404 g/mol. The van der Waals surface area contributed by atoms with Crippen LogP contribution in [0.4, 0.5) is 0 Å². The number of amides is 1. The molecule has 8 nitrogen and oxygen atoms in total. The van der Waals surface area contributed by atoms with Gasteiger partial charge in [0.05, 0.1) is 0 Å². The van der Waals surface area contributed by atoms with Gasteiger partial charge < -0.3 is 15.2 Å². The summed E-state index contributed by atoms with van der Waals surface area (Å²) in [6, 6.07) is 0.112. The molecule has 1 atom stereocenters. The molecule has 0 aromatic carbocycles. The van der Waals surface area contributed by atoms with Crippen molar-refractivity contribution in [2.45, 2.75) is 75.8 Å². The lowest BCUT2D eigenvalue weighted by atomic mass is 9.89. The number of rotatable bonds is 5. The summed E-state index contributed by atoms with van der Waals surface area (Å²) in [6.45, 7) is 6.40. The van der Waals surface area contributed by atoms with Gasteiger partial charge in [0, 0.05) is 19.1 Å². The van der Waals surface area contributed by atoms with Crippen LogP contribution < -0.4 is 10.5 Å². The molecule has 1 aromatic rings. The first-order valence-electron chi connectivity index (χ1n) is 9.68. The van der Waals surface area contributed by atoms with Gasteiger partial charge in [-0.15, -0.1) is 12.4 Å². The van der Waals surface area contributed by atoms with Crippen LogP contribution in [0, 0.1) is 19.8 Å². The molecule has 3 rings (SSSR count). The highest BCUT2D eigenvalue weighted by Crippen LogP contribution is 2.35. The second kappa shape index (κ2) is 8.69. The van der Waals surface area contributed by atoms with Gasteiger partial charge in [0.2, 0.25) is 15.9 Å². The van der Waals surface area contributed by atoms with E-state index in [1.165, 1.54) is 0 Å². The summed E-state index contributed by atoms with van der Waals surface area (Å²) in [4.78, 5) is 15.2. The summed E-state index contributed by atoms with van der Waals surface area (Å²) in [6.07, 6.45) is 4.40. The normalized spacial score (nSPS) is 21.4. The molecule has 0 bridgehead atoms. The number of halogens is 1. The summed E-state index contributed by atoms with van der Waals surface area (Å²) in [5.41, 5.74) is 5.22. The average Bonchev–Trinajstić information content (AvgIpc) is 3.21. The van der Waals surface area contributed by atoms with Crippen LogP contribution in [-0.4, -0.2) is 49.1 Å². The van der Waals surface area contributed by atoms with Gasteiger partial charge in [-0.2, -0.15) is 4.72 Å². The Balaban J connectivity index is 0.00000280. The van der Waals surface area contributed by atoms with Crippen LogP contribution in [0.25, 0.3) is 0 Å². The number of carbonyl (C=O) groups is 1. The summed E-state index contributed by atoms with van der Waals surface area (Å²) in [5, 5.41) is 3.74. The van der Waals surface area contributed by atoms with Crippen LogP contribution in [0.15, 0.2) is 9.42 Å². The fourth-order valence-corrected chi connectivity index (χ4v) is 6.19. The van der Waals surface area contributed by atoms with E-state index in [2.05, 4.69) is 9.88 Å². The van der Waals surface area contributed by atoms with E-state index in [0.717, 1.165) is 25.7 Å². The van der Waals surface area contributed by atoms with E-state index in [1.807, 2.05) is 6.92 Å². The zero-order valence-corrected chi connectivity index (χ0v) is 18.4. The lowest BCUT2D eigenvalue weighted by Crippen LogP contribution is -2.59. The van der Waals surface area contributed by atoms with E-state index in [0.29, 0.717) is 37.5 Å². The number of nitrogens with two attached hydrogens (primary N) is 1. The summed E-state index contributed by atoms with van der Waals surface area (Å²) < 4.78 is 33.8. The Morgan fingerprint density at radius 2 is 1.86 bits per heavy atom. The van der Waals surface area contributed by atoms with Gasteiger partial charge in [-0.3, -0.25) is 4.79 Å². The van der Waals surface area contributed by atoms with Crippen molar-refractivity contribution in [3.8, 4) is 0 Å². The van der Waals surface area contributed by atoms with Gasteiger partial charge >= 0.3 is 0 Å². The smallest absolute Gasteiger partial charge is 0.246 e. The highest BCUT2D eigenvalue weighted by Gasteiger charge is 2.48. The summed E-state index contributed by atoms with van der Waals surface area (Å²) in [7, 11) is -3.90. The molecule has 1 saturated heterocycles. The Labute approximate surface area is 173 Å². The van der Waals surface area contributed by atoms with E-state index in [4.69, 9.17) is 10.3 Å². The molecule has 0 radical (unpaired) electrons. The number of sulfonamides is 1. The van der Waals surface area contributed by atoms with Crippen molar-refractivity contribution >= 4 is 28.3 Å². The Kier molecular flexibility index (Phi) is 7.17. The van der Waals surface area contributed by atoms with Crippen LogP contribution in [0.3, 0.4) is 0 Å². The Hall–Kier alpha value is -1.16. The number of carbonyl (C=O) groups excluding carboxylic acids is 1. The van der Waals surface area contributed by atoms with E-state index < -0.39 is 15.6 Å². The topological polar surface area (TPSA) is 119 Å². The molecule has 1 unspecified atom stereocenters. The fourth-order valence-electron chi connectivity index (χ4n) is 4.44. The number of aromatic nitrogens is 1. The number of aryl methyl sites for hydroxylation is 2. The first-order valence-corrected chi connectivity index (χ1v) is 11.2. The fraction of sp³-hybridized carbons (Fsp3) is 0.778. The third kappa shape index (κ3) is 4.37. The molecule has 1 aliphatic heterocycles. The van der Waals surface area contributed by atoms with Crippen LogP contribution in [0.5, 0.6) is 0 Å². The lowest BCUT2D eigenvalue weighted by Gasteiger charge is -2.39. The van der Waals surface area contributed by atoms with Gasteiger partial charge in [0.1, 0.15) is 16.1 Å². The SMILES string of the molecule is Cc1noc(C)c1S(=O)(=O)NC1(C(=O)N2CCC(C(C)N)CC2)CCCC1.Cl. The Morgan fingerprint density at radius 3 is 2.32 bits per heavy atom. The van der Waals surface area contributed by atoms with Gasteiger partial charge in [0.15, 0.2) is 5.76 Å². The van der Waals surface area contributed by atoms with Crippen molar-refractivity contribution in [3.05, 3.63) is 11.5 Å². The molecule has 28 heavy (non-hydrogen) atoms. The second-order valence-corrected chi connectivity index (χ2v) is 9.66. The molecule has 3 N–H and O–H groups in total. The number of piperidine rings is 1. The van der Waals surface area contributed by atoms with Crippen molar-refractivity contribution in [1.82, 2.24) is 14.8 Å². The molecule has 2 heterocycles. The Morgan fingerprint density at radius 1 is 1.29 bits per heavy atom. The highest BCUT2D eigenvalue weighted by molar-refractivity contribution is 7.89. The van der Waals surface area contributed by atoms with E-state index in [-0.39, 0.29) is 35.0 Å². The minimum Gasteiger partial charge on any atom is -0.360 e. The average molecular weight is 435 g/mol. The molecule has 2 aliphatic rings. The molecule has 10 heteroatoms. The van der Waals surface area contributed by atoms with Crippen molar-refractivity contribution in [3.63, 3.8) is 0 Å². The highest BCUT2D eigenvalue weighted by atomic mass is 35.5. The maximum atomic E-state index is 13.3. The number of hydrogen-bond acceptors (Lipinski definition) is 6. The first kappa shape index (κ1) is 23.1. The molecule has 2 fully saturated rings. The molecule has 1 aliphatic carbocycles. The van der Waals surface area contributed by atoms with E-state index in [1.54, 1.807) is 18.7 Å². The third-order valence-corrected chi connectivity index (χ3v) is 7.78. The zero-order valence-electron chi connectivity index (χ0n) is 16.7. The molecule has 0 spiro atoms. The van der Waals surface area contributed by atoms with Crippen LogP contribution in [0.2, 0.25) is 0 Å². The second-order valence-electron chi connectivity index (χ2n) is 8.04. The predicted octanol–water partition coefficient (Wildman–Crippen LogP) is 1.89. The van der Waals surface area contributed by atoms with E-state index >= 15 is 0 Å². The van der Waals surface area contributed by atoms with Crippen molar-refractivity contribution in [2.24, 2.45) is 11.7 Å². The quantitative estimate of drug-likeness (QED) is 0.730. The van der Waals surface area contributed by atoms with E-state index in [9.17, 15) is 13.2 Å². The largest absolute Gasteiger partial charge is 0.360 e. The summed E-state index contributed by atoms with van der Waals surface area (Å²) in [5.74, 6) is 0.532. The van der Waals surface area contributed by atoms with Crippen LogP contribution in [-0.2, 0) is 14.8 Å². The van der Waals surface area contributed by atoms with Gasteiger partial charge in [-0.25, -0.2) is 8.42 Å². The van der Waals surface area contributed by atoms with Gasteiger partial charge in [0.25, 0.3) is 0 Å². The minimum atomic E-state index is -3.90. The number of hydrogen-bond donors (Lipinski definition) is 2. The van der Waals surface area contributed by atoms with Gasteiger partial charge in [-0.05, 0) is 52.4 Å². The van der Waals surface area contributed by atoms with Crippen LogP contribution in [0.1, 0.15) is 56.9 Å². The van der Waals surface area contributed by atoms with Gasteiger partial charge in [-0.1, -0.05) is 18.0 Å². The van der Waals surface area contributed by atoms with Crippen molar-refractivity contribution < 1.29 is 17.7 Å². The zero-order chi connectivity index (χ0) is 19.8. The number of nitrogens with one attached hydrogen (secondary N) is 1.